The highest BCUT2D eigenvalue weighted by atomic mass is 35.5. The molecule has 200 valence electrons. The van der Waals surface area contributed by atoms with E-state index in [0.717, 1.165) is 24.5 Å². The Kier molecular flexibility index (Phi) is 6.39. The summed E-state index contributed by atoms with van der Waals surface area (Å²) in [6, 6.07) is 2.02. The fourth-order valence-electron chi connectivity index (χ4n) is 4.37. The number of aromatic nitrogens is 6. The lowest BCUT2D eigenvalue weighted by Crippen LogP contribution is -2.28. The number of halogens is 4. The SMILES string of the molecule is O=C(Nc1cnn(Cc2cnc(N3C[C@H]4C#C[C@H]4C3=O)nc2)c1)c1cncc(-c2c(C(F)F)ccc(Cl)c2F)n1. The molecule has 40 heavy (non-hydrogen) atoms. The number of hydrogen-bond donors (Lipinski definition) is 1. The van der Waals surface area contributed by atoms with E-state index in [9.17, 15) is 22.8 Å². The third-order valence-corrected chi connectivity index (χ3v) is 6.68. The Bertz CT molecular complexity index is 1720. The molecule has 0 bridgehead atoms. The molecule has 0 radical (unpaired) electrons. The summed E-state index contributed by atoms with van der Waals surface area (Å²) < 4.78 is 43.2. The molecule has 0 saturated carbocycles. The minimum atomic E-state index is -3.00. The highest BCUT2D eigenvalue weighted by molar-refractivity contribution is 6.31. The van der Waals surface area contributed by atoms with E-state index >= 15 is 0 Å². The number of carbonyl (C=O) groups is 2. The summed E-state index contributed by atoms with van der Waals surface area (Å²) in [5, 5.41) is 6.42. The summed E-state index contributed by atoms with van der Waals surface area (Å²) in [5.74, 6) is 4.01. The molecule has 1 aliphatic heterocycles. The minimum Gasteiger partial charge on any atom is -0.318 e. The van der Waals surface area contributed by atoms with Crippen molar-refractivity contribution in [1.82, 2.24) is 29.7 Å². The van der Waals surface area contributed by atoms with E-state index in [1.807, 2.05) is 0 Å². The van der Waals surface area contributed by atoms with Crippen LogP contribution in [0.5, 0.6) is 0 Å². The van der Waals surface area contributed by atoms with Crippen molar-refractivity contribution in [2.45, 2.75) is 13.0 Å². The number of nitrogens with zero attached hydrogens (tertiary/aromatic N) is 7. The van der Waals surface area contributed by atoms with Crippen LogP contribution in [-0.4, -0.2) is 48.1 Å². The van der Waals surface area contributed by atoms with Crippen LogP contribution in [0, 0.1) is 29.5 Å². The molecule has 1 fully saturated rings. The zero-order chi connectivity index (χ0) is 28.0. The summed E-state index contributed by atoms with van der Waals surface area (Å²) in [6.45, 7) is 0.755. The average Bonchev–Trinajstić information content (AvgIpc) is 3.45. The van der Waals surface area contributed by atoms with Gasteiger partial charge < -0.3 is 5.32 Å². The van der Waals surface area contributed by atoms with Crippen LogP contribution < -0.4 is 10.2 Å². The van der Waals surface area contributed by atoms with Gasteiger partial charge in [-0.3, -0.25) is 24.2 Å². The third kappa shape index (κ3) is 4.62. The van der Waals surface area contributed by atoms with Crippen molar-refractivity contribution in [3.8, 4) is 23.1 Å². The summed E-state index contributed by atoms with van der Waals surface area (Å²) in [6.07, 6.45) is 5.31. The lowest BCUT2D eigenvalue weighted by Gasteiger charge is -2.13. The Balaban J connectivity index is 1.13. The quantitative estimate of drug-likeness (QED) is 0.340. The van der Waals surface area contributed by atoms with Gasteiger partial charge in [0.25, 0.3) is 12.3 Å². The van der Waals surface area contributed by atoms with Gasteiger partial charge in [0.1, 0.15) is 11.6 Å². The van der Waals surface area contributed by atoms with Gasteiger partial charge in [0.15, 0.2) is 5.82 Å². The highest BCUT2D eigenvalue weighted by Gasteiger charge is 2.44. The molecule has 1 aromatic carbocycles. The first kappa shape index (κ1) is 25.4. The standard InChI is InChI=1S/C26H16ClF3N8O2/c27-18-4-3-17(23(29)30)21(22(18)28)19-8-31-9-20(36-19)24(39)35-15-7-34-37(12-15)10-13-5-32-26(33-6-13)38-11-14-1-2-16(14)25(38)40/h3-9,12,14,16,23H,10-11H2,(H,35,39)/t14-,16-/m1/s1. The maximum Gasteiger partial charge on any atom is 0.275 e. The lowest BCUT2D eigenvalue weighted by atomic mass is 9.89. The first-order valence-electron chi connectivity index (χ1n) is 11.8. The number of rotatable bonds is 7. The van der Waals surface area contributed by atoms with Crippen LogP contribution in [0.2, 0.25) is 5.02 Å². The Labute approximate surface area is 229 Å². The van der Waals surface area contributed by atoms with Crippen LogP contribution in [0.15, 0.2) is 49.3 Å². The molecule has 4 heterocycles. The zero-order valence-corrected chi connectivity index (χ0v) is 21.0. The predicted molar refractivity (Wildman–Crippen MR) is 136 cm³/mol. The summed E-state index contributed by atoms with van der Waals surface area (Å²) >= 11 is 5.78. The van der Waals surface area contributed by atoms with Crippen molar-refractivity contribution in [1.29, 1.82) is 0 Å². The Hall–Kier alpha value is -4.83. The van der Waals surface area contributed by atoms with Crippen molar-refractivity contribution >= 4 is 35.1 Å². The van der Waals surface area contributed by atoms with Gasteiger partial charge in [-0.1, -0.05) is 29.5 Å². The average molecular weight is 565 g/mol. The van der Waals surface area contributed by atoms with Crippen LogP contribution in [0.25, 0.3) is 11.3 Å². The Morgan fingerprint density at radius 3 is 2.62 bits per heavy atom. The van der Waals surface area contributed by atoms with Crippen LogP contribution >= 0.6 is 11.6 Å². The highest BCUT2D eigenvalue weighted by Crippen LogP contribution is 2.35. The Morgan fingerprint density at radius 1 is 1.15 bits per heavy atom. The van der Waals surface area contributed by atoms with E-state index in [4.69, 9.17) is 11.6 Å². The zero-order valence-electron chi connectivity index (χ0n) is 20.2. The topological polar surface area (TPSA) is 119 Å². The van der Waals surface area contributed by atoms with Crippen molar-refractivity contribution in [2.75, 3.05) is 16.8 Å². The molecule has 14 heteroatoms. The number of benzene rings is 1. The molecule has 2 amide bonds. The minimum absolute atomic E-state index is 0.0371. The van der Waals surface area contributed by atoms with Gasteiger partial charge >= 0.3 is 0 Å². The second-order valence-corrected chi connectivity index (χ2v) is 9.42. The second kappa shape index (κ2) is 10.0. The van der Waals surface area contributed by atoms with Crippen molar-refractivity contribution in [3.05, 3.63) is 77.0 Å². The van der Waals surface area contributed by atoms with Crippen LogP contribution in [0.3, 0.4) is 0 Å². The molecule has 1 saturated heterocycles. The van der Waals surface area contributed by atoms with Gasteiger partial charge in [-0.05, 0) is 6.07 Å². The number of hydrogen-bond acceptors (Lipinski definition) is 7. The van der Waals surface area contributed by atoms with Gasteiger partial charge in [-0.15, -0.1) is 0 Å². The van der Waals surface area contributed by atoms with Crippen LogP contribution in [-0.2, 0) is 11.3 Å². The maximum atomic E-state index is 14.6. The molecule has 10 nitrogen and oxygen atoms in total. The maximum absolute atomic E-state index is 14.6. The first-order valence-corrected chi connectivity index (χ1v) is 12.2. The molecule has 3 aromatic heterocycles. The summed E-state index contributed by atoms with van der Waals surface area (Å²) in [4.78, 5) is 43.1. The number of amides is 2. The van der Waals surface area contributed by atoms with Crippen molar-refractivity contribution in [2.24, 2.45) is 11.8 Å². The molecule has 2 aliphatic rings. The third-order valence-electron chi connectivity index (χ3n) is 6.39. The first-order chi connectivity index (χ1) is 19.3. The molecule has 0 spiro atoms. The molecule has 0 unspecified atom stereocenters. The second-order valence-electron chi connectivity index (χ2n) is 9.01. The number of anilines is 2. The van der Waals surface area contributed by atoms with E-state index in [1.165, 1.54) is 15.8 Å². The van der Waals surface area contributed by atoms with Crippen LogP contribution in [0.1, 0.15) is 28.0 Å². The van der Waals surface area contributed by atoms with E-state index in [1.54, 1.807) is 18.6 Å². The van der Waals surface area contributed by atoms with Crippen molar-refractivity contribution < 1.29 is 22.8 Å². The summed E-state index contributed by atoms with van der Waals surface area (Å²) in [7, 11) is 0. The molecule has 6 rings (SSSR count). The van der Waals surface area contributed by atoms with E-state index in [2.05, 4.69) is 42.2 Å². The van der Waals surface area contributed by atoms with Gasteiger partial charge in [-0.2, -0.15) is 5.10 Å². The molecular weight excluding hydrogens is 549 g/mol. The van der Waals surface area contributed by atoms with Gasteiger partial charge in [-0.25, -0.2) is 28.1 Å². The Morgan fingerprint density at radius 2 is 1.95 bits per heavy atom. The monoisotopic (exact) mass is 564 g/mol. The van der Waals surface area contributed by atoms with Crippen molar-refractivity contribution in [3.63, 3.8) is 0 Å². The molecule has 4 aromatic rings. The largest absolute Gasteiger partial charge is 0.318 e. The number of carbonyl (C=O) groups excluding carboxylic acids is 2. The van der Waals surface area contributed by atoms with Gasteiger partial charge in [0.2, 0.25) is 11.9 Å². The van der Waals surface area contributed by atoms with E-state index in [0.29, 0.717) is 23.7 Å². The van der Waals surface area contributed by atoms with E-state index < -0.39 is 29.3 Å². The van der Waals surface area contributed by atoms with E-state index in [-0.39, 0.29) is 40.7 Å². The molecular formula is C26H16ClF3N8O2. The number of nitrogens with one attached hydrogen (secondary N) is 1. The smallest absolute Gasteiger partial charge is 0.275 e. The normalized spacial score (nSPS) is 17.3. The van der Waals surface area contributed by atoms with Crippen LogP contribution in [0.4, 0.5) is 24.8 Å². The molecule has 1 N–H and O–H groups in total. The summed E-state index contributed by atoms with van der Waals surface area (Å²) in [5.41, 5.74) is -0.634. The molecule has 1 aliphatic carbocycles. The lowest BCUT2D eigenvalue weighted by molar-refractivity contribution is -0.119. The van der Waals surface area contributed by atoms with Gasteiger partial charge in [0.05, 0.1) is 47.5 Å². The van der Waals surface area contributed by atoms with Gasteiger partial charge in [0, 0.05) is 41.8 Å². The predicted octanol–water partition coefficient (Wildman–Crippen LogP) is 3.76. The molecule has 2 atom stereocenters. The number of fused-ring (bicyclic) bond motifs is 1. The fraction of sp³-hybridized carbons (Fsp3) is 0.192. The fourth-order valence-corrected chi connectivity index (χ4v) is 4.53. The number of alkyl halides is 2.